The van der Waals surface area contributed by atoms with Gasteiger partial charge in [0.25, 0.3) is 0 Å². The normalized spacial score (nSPS) is 10.2. The zero-order valence-corrected chi connectivity index (χ0v) is 15.4. The van der Waals surface area contributed by atoms with E-state index in [2.05, 4.69) is 17.4 Å². The highest BCUT2D eigenvalue weighted by Crippen LogP contribution is 2.16. The number of carbonyl (C=O) groups excluding carboxylic acids is 2. The molecular weight excluding hydrogens is 328 g/mol. The molecule has 5 heteroatoms. The lowest BCUT2D eigenvalue weighted by Crippen LogP contribution is -2.40. The van der Waals surface area contributed by atoms with Gasteiger partial charge < -0.3 is 15.0 Å². The fraction of sp³-hybridized carbons (Fsp3) is 0.333. The van der Waals surface area contributed by atoms with Crippen LogP contribution in [0.15, 0.2) is 54.6 Å². The molecule has 26 heavy (non-hydrogen) atoms. The molecule has 0 aromatic heterocycles. The lowest BCUT2D eigenvalue weighted by molar-refractivity contribution is -0.134. The Kier molecular flexibility index (Phi) is 7.68. The molecule has 1 N–H and O–H groups in total. The molecule has 2 amide bonds. The van der Waals surface area contributed by atoms with Gasteiger partial charge in [0, 0.05) is 25.6 Å². The van der Waals surface area contributed by atoms with Gasteiger partial charge in [-0.05, 0) is 24.5 Å². The molecule has 0 unspecified atom stereocenters. The van der Waals surface area contributed by atoms with Crippen LogP contribution in [0.2, 0.25) is 0 Å². The predicted octanol–water partition coefficient (Wildman–Crippen LogP) is 2.79. The molecule has 0 atom stereocenters. The zero-order chi connectivity index (χ0) is 18.8. The van der Waals surface area contributed by atoms with Gasteiger partial charge in [-0.2, -0.15) is 0 Å². The van der Waals surface area contributed by atoms with Crippen LogP contribution < -0.4 is 10.1 Å². The largest absolute Gasteiger partial charge is 0.496 e. The number of methoxy groups -OCH3 is 1. The van der Waals surface area contributed by atoms with Crippen molar-refractivity contribution in [2.45, 2.75) is 26.3 Å². The molecule has 2 aromatic carbocycles. The van der Waals surface area contributed by atoms with E-state index in [1.165, 1.54) is 12.5 Å². The Morgan fingerprint density at radius 3 is 2.42 bits per heavy atom. The first-order chi connectivity index (χ1) is 12.6. The molecule has 2 rings (SSSR count). The number of rotatable bonds is 9. The quantitative estimate of drug-likeness (QED) is 0.753. The SMILES string of the molecule is COc1ccccc1CNC(=O)CN(CCCc1ccccc1)C(C)=O. The highest BCUT2D eigenvalue weighted by Gasteiger charge is 2.13. The minimum Gasteiger partial charge on any atom is -0.496 e. The Morgan fingerprint density at radius 1 is 1.04 bits per heavy atom. The first-order valence-corrected chi connectivity index (χ1v) is 8.78. The number of hydrogen-bond donors (Lipinski definition) is 1. The zero-order valence-electron chi connectivity index (χ0n) is 15.4. The molecule has 0 aliphatic heterocycles. The molecule has 0 aliphatic rings. The van der Waals surface area contributed by atoms with Crippen LogP contribution in [0.4, 0.5) is 0 Å². The van der Waals surface area contributed by atoms with Crippen LogP contribution in [0.3, 0.4) is 0 Å². The maximum Gasteiger partial charge on any atom is 0.239 e. The van der Waals surface area contributed by atoms with Crippen molar-refractivity contribution in [3.8, 4) is 5.75 Å². The topological polar surface area (TPSA) is 58.6 Å². The van der Waals surface area contributed by atoms with Crippen LogP contribution >= 0.6 is 0 Å². The van der Waals surface area contributed by atoms with Gasteiger partial charge >= 0.3 is 0 Å². The lowest BCUT2D eigenvalue weighted by atomic mass is 10.1. The summed E-state index contributed by atoms with van der Waals surface area (Å²) in [6, 6.07) is 17.7. The second-order valence-electron chi connectivity index (χ2n) is 6.12. The van der Waals surface area contributed by atoms with Crippen LogP contribution in [-0.2, 0) is 22.6 Å². The summed E-state index contributed by atoms with van der Waals surface area (Å²) >= 11 is 0. The van der Waals surface area contributed by atoms with Crippen molar-refractivity contribution in [2.24, 2.45) is 0 Å². The molecule has 0 aliphatic carbocycles. The van der Waals surface area contributed by atoms with Gasteiger partial charge in [-0.1, -0.05) is 48.5 Å². The molecule has 5 nitrogen and oxygen atoms in total. The van der Waals surface area contributed by atoms with Crippen LogP contribution in [0.25, 0.3) is 0 Å². The van der Waals surface area contributed by atoms with E-state index in [0.717, 1.165) is 24.2 Å². The maximum absolute atomic E-state index is 12.2. The summed E-state index contributed by atoms with van der Waals surface area (Å²) in [6.07, 6.45) is 1.71. The average Bonchev–Trinajstić information content (AvgIpc) is 2.66. The summed E-state index contributed by atoms with van der Waals surface area (Å²) in [6.45, 7) is 2.50. The highest BCUT2D eigenvalue weighted by atomic mass is 16.5. The second-order valence-corrected chi connectivity index (χ2v) is 6.12. The van der Waals surface area contributed by atoms with Crippen LogP contribution in [-0.4, -0.2) is 36.9 Å². The summed E-state index contributed by atoms with van der Waals surface area (Å²) in [5, 5.41) is 2.85. The van der Waals surface area contributed by atoms with Crippen LogP contribution in [0.1, 0.15) is 24.5 Å². The van der Waals surface area contributed by atoms with Crippen molar-refractivity contribution in [1.82, 2.24) is 10.2 Å². The summed E-state index contributed by atoms with van der Waals surface area (Å²) in [5.74, 6) is 0.468. The van der Waals surface area contributed by atoms with Crippen molar-refractivity contribution >= 4 is 11.8 Å². The predicted molar refractivity (Wildman–Crippen MR) is 102 cm³/mol. The van der Waals surface area contributed by atoms with Crippen molar-refractivity contribution in [2.75, 3.05) is 20.2 Å². The Morgan fingerprint density at radius 2 is 1.73 bits per heavy atom. The molecule has 0 heterocycles. The van der Waals surface area contributed by atoms with Crippen molar-refractivity contribution in [1.29, 1.82) is 0 Å². The highest BCUT2D eigenvalue weighted by molar-refractivity contribution is 5.83. The molecule has 0 saturated heterocycles. The van der Waals surface area contributed by atoms with E-state index in [9.17, 15) is 9.59 Å². The number of aryl methyl sites for hydroxylation is 1. The number of ether oxygens (including phenoxy) is 1. The van der Waals surface area contributed by atoms with Gasteiger partial charge in [0.2, 0.25) is 11.8 Å². The molecule has 0 spiro atoms. The van der Waals surface area contributed by atoms with Crippen molar-refractivity contribution < 1.29 is 14.3 Å². The minimum atomic E-state index is -0.175. The smallest absolute Gasteiger partial charge is 0.239 e. The van der Waals surface area contributed by atoms with E-state index in [4.69, 9.17) is 4.74 Å². The summed E-state index contributed by atoms with van der Waals surface area (Å²) < 4.78 is 5.28. The number of benzene rings is 2. The van der Waals surface area contributed by atoms with Gasteiger partial charge in [-0.25, -0.2) is 0 Å². The lowest BCUT2D eigenvalue weighted by Gasteiger charge is -2.20. The first-order valence-electron chi connectivity index (χ1n) is 8.78. The minimum absolute atomic E-state index is 0.0687. The number of para-hydroxylation sites is 1. The standard InChI is InChI=1S/C21H26N2O3/c1-17(24)23(14-8-11-18-9-4-3-5-10-18)16-21(25)22-15-19-12-6-7-13-20(19)26-2/h3-7,9-10,12-13H,8,11,14-16H2,1-2H3,(H,22,25). The Bertz CT molecular complexity index is 716. The summed E-state index contributed by atoms with van der Waals surface area (Å²) in [5.41, 5.74) is 2.14. The monoisotopic (exact) mass is 354 g/mol. The van der Waals surface area contributed by atoms with E-state index < -0.39 is 0 Å². The van der Waals surface area contributed by atoms with Gasteiger partial charge in [0.1, 0.15) is 5.75 Å². The van der Waals surface area contributed by atoms with E-state index in [1.807, 2.05) is 42.5 Å². The number of amides is 2. The summed E-state index contributed by atoms with van der Waals surface area (Å²) in [7, 11) is 1.60. The average molecular weight is 354 g/mol. The molecule has 0 radical (unpaired) electrons. The third kappa shape index (κ3) is 6.24. The summed E-state index contributed by atoms with van der Waals surface area (Å²) in [4.78, 5) is 25.6. The molecule has 0 bridgehead atoms. The molecule has 0 fully saturated rings. The van der Waals surface area contributed by atoms with Gasteiger partial charge in [-0.15, -0.1) is 0 Å². The molecular formula is C21H26N2O3. The number of carbonyl (C=O) groups is 2. The third-order valence-electron chi connectivity index (χ3n) is 4.18. The third-order valence-corrected chi connectivity index (χ3v) is 4.18. The Labute approximate surface area is 155 Å². The van der Waals surface area contributed by atoms with E-state index in [-0.39, 0.29) is 18.4 Å². The van der Waals surface area contributed by atoms with Crippen LogP contribution in [0, 0.1) is 0 Å². The van der Waals surface area contributed by atoms with Gasteiger partial charge in [-0.3, -0.25) is 9.59 Å². The number of nitrogens with zero attached hydrogens (tertiary/aromatic N) is 1. The molecule has 0 saturated carbocycles. The van der Waals surface area contributed by atoms with E-state index >= 15 is 0 Å². The molecule has 138 valence electrons. The van der Waals surface area contributed by atoms with E-state index in [0.29, 0.717) is 13.1 Å². The van der Waals surface area contributed by atoms with Crippen molar-refractivity contribution in [3.63, 3.8) is 0 Å². The maximum atomic E-state index is 12.2. The Balaban J connectivity index is 1.80. The number of hydrogen-bond acceptors (Lipinski definition) is 3. The first kappa shape index (κ1) is 19.5. The van der Waals surface area contributed by atoms with Gasteiger partial charge in [0.05, 0.1) is 13.7 Å². The number of nitrogens with one attached hydrogen (secondary N) is 1. The van der Waals surface area contributed by atoms with Crippen LogP contribution in [0.5, 0.6) is 5.75 Å². The van der Waals surface area contributed by atoms with Crippen molar-refractivity contribution in [3.05, 3.63) is 65.7 Å². The van der Waals surface area contributed by atoms with E-state index in [1.54, 1.807) is 12.0 Å². The fourth-order valence-corrected chi connectivity index (χ4v) is 2.74. The molecule has 2 aromatic rings. The Hall–Kier alpha value is -2.82. The second kappa shape index (κ2) is 10.2. The van der Waals surface area contributed by atoms with Gasteiger partial charge in [0.15, 0.2) is 0 Å². The fourth-order valence-electron chi connectivity index (χ4n) is 2.74.